The van der Waals surface area contributed by atoms with Crippen molar-refractivity contribution in [3.05, 3.63) is 76.3 Å². The van der Waals surface area contributed by atoms with Crippen molar-refractivity contribution < 1.29 is 9.84 Å². The SMILES string of the molecule is Cc1ccccc1C#CC(O)COc1ccc2ccccc2c1Br. The first-order valence-corrected chi connectivity index (χ1v) is 8.50. The van der Waals surface area contributed by atoms with Crippen LogP contribution in [0.1, 0.15) is 11.1 Å². The van der Waals surface area contributed by atoms with E-state index >= 15 is 0 Å². The van der Waals surface area contributed by atoms with Gasteiger partial charge in [0.1, 0.15) is 18.5 Å². The zero-order valence-corrected chi connectivity index (χ0v) is 14.9. The minimum Gasteiger partial charge on any atom is -0.489 e. The molecule has 3 aromatic carbocycles. The summed E-state index contributed by atoms with van der Waals surface area (Å²) in [7, 11) is 0. The summed E-state index contributed by atoms with van der Waals surface area (Å²) in [4.78, 5) is 0. The number of rotatable bonds is 3. The summed E-state index contributed by atoms with van der Waals surface area (Å²) in [5.74, 6) is 6.53. The van der Waals surface area contributed by atoms with Crippen LogP contribution in [-0.4, -0.2) is 17.8 Å². The average Bonchev–Trinajstić information content (AvgIpc) is 2.61. The molecule has 3 rings (SSSR count). The van der Waals surface area contributed by atoms with Gasteiger partial charge in [-0.15, -0.1) is 0 Å². The quantitative estimate of drug-likeness (QED) is 0.667. The predicted molar refractivity (Wildman–Crippen MR) is 101 cm³/mol. The van der Waals surface area contributed by atoms with E-state index in [1.54, 1.807) is 0 Å². The monoisotopic (exact) mass is 380 g/mol. The van der Waals surface area contributed by atoms with Crippen LogP contribution in [0.2, 0.25) is 0 Å². The molecule has 0 saturated heterocycles. The summed E-state index contributed by atoms with van der Waals surface area (Å²) in [5.41, 5.74) is 2.01. The molecule has 1 atom stereocenters. The Hall–Kier alpha value is -2.28. The molecule has 0 aliphatic heterocycles. The molecule has 0 fully saturated rings. The Kier molecular flexibility index (Phi) is 5.20. The van der Waals surface area contributed by atoms with Crippen molar-refractivity contribution in [1.29, 1.82) is 0 Å². The van der Waals surface area contributed by atoms with E-state index in [0.717, 1.165) is 26.4 Å². The maximum Gasteiger partial charge on any atom is 0.148 e. The third-order valence-corrected chi connectivity index (χ3v) is 4.56. The summed E-state index contributed by atoms with van der Waals surface area (Å²) in [6.45, 7) is 2.12. The van der Waals surface area contributed by atoms with Gasteiger partial charge in [0.05, 0.1) is 4.47 Å². The van der Waals surface area contributed by atoms with Crippen molar-refractivity contribution in [2.45, 2.75) is 13.0 Å². The molecular formula is C21H17BrO2. The number of aliphatic hydroxyl groups is 1. The van der Waals surface area contributed by atoms with E-state index in [2.05, 4.69) is 27.8 Å². The first-order chi connectivity index (χ1) is 11.6. The van der Waals surface area contributed by atoms with E-state index in [9.17, 15) is 5.11 Å². The highest BCUT2D eigenvalue weighted by atomic mass is 79.9. The van der Waals surface area contributed by atoms with Crippen LogP contribution in [0.25, 0.3) is 10.8 Å². The lowest BCUT2D eigenvalue weighted by atomic mass is 10.1. The lowest BCUT2D eigenvalue weighted by Gasteiger charge is -2.11. The summed E-state index contributed by atoms with van der Waals surface area (Å²) in [6.07, 6.45) is -0.844. The summed E-state index contributed by atoms with van der Waals surface area (Å²) in [6, 6.07) is 19.8. The zero-order valence-electron chi connectivity index (χ0n) is 13.3. The number of halogens is 1. The molecule has 120 valence electrons. The molecule has 0 amide bonds. The van der Waals surface area contributed by atoms with Crippen LogP contribution in [-0.2, 0) is 0 Å². The molecule has 0 radical (unpaired) electrons. The number of fused-ring (bicyclic) bond motifs is 1. The van der Waals surface area contributed by atoms with Gasteiger partial charge in [-0.1, -0.05) is 60.4 Å². The highest BCUT2D eigenvalue weighted by molar-refractivity contribution is 9.10. The van der Waals surface area contributed by atoms with Crippen molar-refractivity contribution >= 4 is 26.7 Å². The molecule has 0 aromatic heterocycles. The normalized spacial score (nSPS) is 11.6. The van der Waals surface area contributed by atoms with Gasteiger partial charge in [0.2, 0.25) is 0 Å². The second-order valence-corrected chi connectivity index (χ2v) is 6.30. The number of aryl methyl sites for hydroxylation is 1. The highest BCUT2D eigenvalue weighted by Gasteiger charge is 2.08. The van der Waals surface area contributed by atoms with E-state index in [0.29, 0.717) is 5.75 Å². The molecule has 0 aliphatic rings. The van der Waals surface area contributed by atoms with E-state index in [4.69, 9.17) is 4.74 Å². The van der Waals surface area contributed by atoms with Gasteiger partial charge in [-0.25, -0.2) is 0 Å². The van der Waals surface area contributed by atoms with E-state index in [1.807, 2.05) is 67.6 Å². The number of hydrogen-bond donors (Lipinski definition) is 1. The number of benzene rings is 3. The summed E-state index contributed by atoms with van der Waals surface area (Å²) < 4.78 is 6.61. The van der Waals surface area contributed by atoms with Crippen molar-refractivity contribution in [3.63, 3.8) is 0 Å². The standard InChI is InChI=1S/C21H17BrO2/c1-15-6-2-3-7-16(15)10-12-18(23)14-24-20-13-11-17-8-4-5-9-19(17)21(20)22/h2-9,11,13,18,23H,14H2,1H3. The van der Waals surface area contributed by atoms with Gasteiger partial charge in [-0.3, -0.25) is 0 Å². The Balaban J connectivity index is 1.70. The largest absolute Gasteiger partial charge is 0.489 e. The molecule has 1 unspecified atom stereocenters. The Morgan fingerprint density at radius 1 is 1.04 bits per heavy atom. The van der Waals surface area contributed by atoms with Crippen LogP contribution in [0.3, 0.4) is 0 Å². The lowest BCUT2D eigenvalue weighted by Crippen LogP contribution is -2.15. The summed E-state index contributed by atoms with van der Waals surface area (Å²) >= 11 is 3.57. The fourth-order valence-corrected chi connectivity index (χ4v) is 3.02. The van der Waals surface area contributed by atoms with Crippen LogP contribution in [0, 0.1) is 18.8 Å². The predicted octanol–water partition coefficient (Wildman–Crippen LogP) is 4.70. The van der Waals surface area contributed by atoms with Gasteiger partial charge in [0.15, 0.2) is 0 Å². The van der Waals surface area contributed by atoms with Gasteiger partial charge >= 0.3 is 0 Å². The third-order valence-electron chi connectivity index (χ3n) is 3.74. The van der Waals surface area contributed by atoms with Gasteiger partial charge in [0.25, 0.3) is 0 Å². The minimum atomic E-state index is -0.844. The Morgan fingerprint density at radius 2 is 1.79 bits per heavy atom. The van der Waals surface area contributed by atoms with Crippen LogP contribution in [0.5, 0.6) is 5.75 Å². The lowest BCUT2D eigenvalue weighted by molar-refractivity contribution is 0.151. The van der Waals surface area contributed by atoms with Gasteiger partial charge in [0, 0.05) is 5.56 Å². The van der Waals surface area contributed by atoms with Crippen LogP contribution < -0.4 is 4.74 Å². The number of ether oxygens (including phenoxy) is 1. The molecule has 0 spiro atoms. The second kappa shape index (κ2) is 7.53. The molecule has 0 saturated carbocycles. The number of aliphatic hydroxyl groups excluding tert-OH is 1. The van der Waals surface area contributed by atoms with E-state index < -0.39 is 6.10 Å². The molecule has 2 nitrogen and oxygen atoms in total. The van der Waals surface area contributed by atoms with Gasteiger partial charge < -0.3 is 9.84 Å². The van der Waals surface area contributed by atoms with Gasteiger partial charge in [-0.05, 0) is 51.3 Å². The third kappa shape index (κ3) is 3.79. The maximum absolute atomic E-state index is 10.1. The highest BCUT2D eigenvalue weighted by Crippen LogP contribution is 2.33. The fourth-order valence-electron chi connectivity index (χ4n) is 2.41. The van der Waals surface area contributed by atoms with Crippen molar-refractivity contribution in [3.8, 4) is 17.6 Å². The van der Waals surface area contributed by atoms with E-state index in [-0.39, 0.29) is 6.61 Å². The Labute approximate surface area is 150 Å². The average molecular weight is 381 g/mol. The molecule has 0 heterocycles. The molecular weight excluding hydrogens is 364 g/mol. The van der Waals surface area contributed by atoms with Crippen LogP contribution in [0.4, 0.5) is 0 Å². The van der Waals surface area contributed by atoms with Crippen LogP contribution in [0.15, 0.2) is 65.1 Å². The Morgan fingerprint density at radius 3 is 2.62 bits per heavy atom. The fraction of sp³-hybridized carbons (Fsp3) is 0.143. The van der Waals surface area contributed by atoms with Crippen LogP contribution >= 0.6 is 15.9 Å². The zero-order chi connectivity index (χ0) is 16.9. The van der Waals surface area contributed by atoms with Crippen molar-refractivity contribution in [2.75, 3.05) is 6.61 Å². The molecule has 24 heavy (non-hydrogen) atoms. The van der Waals surface area contributed by atoms with Crippen molar-refractivity contribution in [1.82, 2.24) is 0 Å². The maximum atomic E-state index is 10.1. The topological polar surface area (TPSA) is 29.5 Å². The molecule has 0 bridgehead atoms. The molecule has 0 aliphatic carbocycles. The second-order valence-electron chi connectivity index (χ2n) is 5.51. The first kappa shape index (κ1) is 16.6. The summed E-state index contributed by atoms with van der Waals surface area (Å²) in [5, 5.41) is 12.3. The van der Waals surface area contributed by atoms with E-state index in [1.165, 1.54) is 0 Å². The Bertz CT molecular complexity index is 922. The van der Waals surface area contributed by atoms with Crippen molar-refractivity contribution in [2.24, 2.45) is 0 Å². The first-order valence-electron chi connectivity index (χ1n) is 7.70. The molecule has 3 aromatic rings. The minimum absolute atomic E-state index is 0.121. The molecule has 3 heteroatoms. The van der Waals surface area contributed by atoms with Gasteiger partial charge in [-0.2, -0.15) is 0 Å². The number of hydrogen-bond acceptors (Lipinski definition) is 2. The molecule has 1 N–H and O–H groups in total. The smallest absolute Gasteiger partial charge is 0.148 e.